The molecule has 2 N–H and O–H groups in total. The van der Waals surface area contributed by atoms with Crippen molar-refractivity contribution in [2.75, 3.05) is 11.4 Å². The van der Waals surface area contributed by atoms with Crippen LogP contribution >= 0.6 is 15.9 Å². The minimum absolute atomic E-state index is 0.0519. The Morgan fingerprint density at radius 2 is 2.32 bits per heavy atom. The van der Waals surface area contributed by atoms with Gasteiger partial charge >= 0.3 is 0 Å². The third-order valence-electron chi connectivity index (χ3n) is 3.67. The van der Waals surface area contributed by atoms with Crippen molar-refractivity contribution in [3.05, 3.63) is 28.2 Å². The Morgan fingerprint density at radius 3 is 2.89 bits per heavy atom. The number of carbonyl (C=O) groups is 1. The van der Waals surface area contributed by atoms with Crippen molar-refractivity contribution in [2.45, 2.75) is 25.8 Å². The summed E-state index contributed by atoms with van der Waals surface area (Å²) in [7, 11) is 0. The molecule has 1 aromatic carbocycles. The fraction of sp³-hybridized carbons (Fsp3) is 0.429. The molecule has 2 unspecified atom stereocenters. The molecule has 100 valence electrons. The standard InChI is InChI=1S/C14H16BrN3O/c1-9-6-10(14(17)19)4-5-18(9)13-7-12(15)3-2-11(13)8-16/h2-3,7,9-10H,4-6H2,1H3,(H2,17,19). The van der Waals surface area contributed by atoms with Gasteiger partial charge in [-0.3, -0.25) is 4.79 Å². The molecule has 1 aromatic rings. The summed E-state index contributed by atoms with van der Waals surface area (Å²) in [6.07, 6.45) is 1.49. The molecular weight excluding hydrogens is 306 g/mol. The van der Waals surface area contributed by atoms with E-state index in [2.05, 4.69) is 33.8 Å². The molecule has 1 amide bonds. The second-order valence-corrected chi connectivity index (χ2v) is 5.86. The molecule has 19 heavy (non-hydrogen) atoms. The summed E-state index contributed by atoms with van der Waals surface area (Å²) in [5, 5.41) is 9.20. The van der Waals surface area contributed by atoms with Crippen molar-refractivity contribution >= 4 is 27.5 Å². The zero-order chi connectivity index (χ0) is 14.0. The zero-order valence-corrected chi connectivity index (χ0v) is 12.4. The lowest BCUT2D eigenvalue weighted by molar-refractivity contribution is -0.122. The second-order valence-electron chi connectivity index (χ2n) is 4.94. The number of benzene rings is 1. The van der Waals surface area contributed by atoms with E-state index < -0.39 is 0 Å². The summed E-state index contributed by atoms with van der Waals surface area (Å²) in [5.74, 6) is -0.273. The maximum Gasteiger partial charge on any atom is 0.220 e. The Morgan fingerprint density at radius 1 is 1.58 bits per heavy atom. The van der Waals surface area contributed by atoms with Gasteiger partial charge in [-0.2, -0.15) is 5.26 Å². The largest absolute Gasteiger partial charge is 0.369 e. The molecule has 0 spiro atoms. The number of piperidine rings is 1. The monoisotopic (exact) mass is 321 g/mol. The third kappa shape index (κ3) is 2.90. The Kier molecular flexibility index (Phi) is 4.11. The van der Waals surface area contributed by atoms with Gasteiger partial charge in [-0.15, -0.1) is 0 Å². The molecule has 1 aliphatic rings. The van der Waals surface area contributed by atoms with Crippen LogP contribution in [0.4, 0.5) is 5.69 Å². The van der Waals surface area contributed by atoms with E-state index in [1.807, 2.05) is 18.2 Å². The van der Waals surface area contributed by atoms with Gasteiger partial charge in [-0.05, 0) is 38.0 Å². The fourth-order valence-electron chi connectivity index (χ4n) is 2.63. The van der Waals surface area contributed by atoms with E-state index in [4.69, 9.17) is 5.73 Å². The van der Waals surface area contributed by atoms with Crippen LogP contribution in [0.2, 0.25) is 0 Å². The first-order valence-corrected chi connectivity index (χ1v) is 7.08. The minimum Gasteiger partial charge on any atom is -0.369 e. The van der Waals surface area contributed by atoms with Crippen LogP contribution in [0.15, 0.2) is 22.7 Å². The van der Waals surface area contributed by atoms with Gasteiger partial charge in [0.2, 0.25) is 5.91 Å². The van der Waals surface area contributed by atoms with Crippen LogP contribution in [0.3, 0.4) is 0 Å². The number of anilines is 1. The Bertz CT molecular complexity index is 538. The number of hydrogen-bond donors (Lipinski definition) is 1. The lowest BCUT2D eigenvalue weighted by Crippen LogP contribution is -2.44. The van der Waals surface area contributed by atoms with E-state index in [0.717, 1.165) is 29.5 Å². The molecule has 2 rings (SSSR count). The van der Waals surface area contributed by atoms with Crippen molar-refractivity contribution in [1.82, 2.24) is 0 Å². The number of amides is 1. The Labute approximate surface area is 121 Å². The SMILES string of the molecule is CC1CC(C(N)=O)CCN1c1cc(Br)ccc1C#N. The molecule has 0 aromatic heterocycles. The van der Waals surface area contributed by atoms with Crippen LogP contribution in [0, 0.1) is 17.2 Å². The molecule has 0 saturated carbocycles. The van der Waals surface area contributed by atoms with Gasteiger partial charge in [-0.25, -0.2) is 0 Å². The summed E-state index contributed by atoms with van der Waals surface area (Å²) >= 11 is 3.44. The first-order valence-electron chi connectivity index (χ1n) is 6.28. The summed E-state index contributed by atoms with van der Waals surface area (Å²) in [6, 6.07) is 8.06. The molecule has 1 heterocycles. The van der Waals surface area contributed by atoms with Crippen LogP contribution in [-0.2, 0) is 4.79 Å². The molecular formula is C14H16BrN3O. The lowest BCUT2D eigenvalue weighted by Gasteiger charge is -2.38. The normalized spacial score (nSPS) is 22.9. The highest BCUT2D eigenvalue weighted by Crippen LogP contribution is 2.32. The zero-order valence-electron chi connectivity index (χ0n) is 10.8. The van der Waals surface area contributed by atoms with Crippen LogP contribution in [-0.4, -0.2) is 18.5 Å². The lowest BCUT2D eigenvalue weighted by atomic mass is 9.90. The minimum atomic E-state index is -0.221. The Hall–Kier alpha value is -1.54. The van der Waals surface area contributed by atoms with Crippen molar-refractivity contribution in [2.24, 2.45) is 11.7 Å². The third-order valence-corrected chi connectivity index (χ3v) is 4.16. The number of rotatable bonds is 2. The number of primary amides is 1. The smallest absolute Gasteiger partial charge is 0.220 e. The number of halogens is 1. The summed E-state index contributed by atoms with van der Waals surface area (Å²) in [4.78, 5) is 13.4. The molecule has 0 aliphatic carbocycles. The molecule has 2 atom stereocenters. The van der Waals surface area contributed by atoms with Gasteiger partial charge in [0, 0.05) is 23.0 Å². The van der Waals surface area contributed by atoms with E-state index in [0.29, 0.717) is 5.56 Å². The van der Waals surface area contributed by atoms with Gasteiger partial charge in [0.15, 0.2) is 0 Å². The highest BCUT2D eigenvalue weighted by atomic mass is 79.9. The number of hydrogen-bond acceptors (Lipinski definition) is 3. The Balaban J connectivity index is 2.26. The summed E-state index contributed by atoms with van der Waals surface area (Å²) < 4.78 is 0.950. The van der Waals surface area contributed by atoms with Crippen LogP contribution in [0.5, 0.6) is 0 Å². The van der Waals surface area contributed by atoms with Gasteiger partial charge < -0.3 is 10.6 Å². The fourth-order valence-corrected chi connectivity index (χ4v) is 2.97. The van der Waals surface area contributed by atoms with Gasteiger partial charge in [-0.1, -0.05) is 15.9 Å². The molecule has 4 nitrogen and oxygen atoms in total. The highest BCUT2D eigenvalue weighted by Gasteiger charge is 2.29. The first-order chi connectivity index (χ1) is 9.02. The maximum absolute atomic E-state index is 11.3. The topological polar surface area (TPSA) is 70.1 Å². The quantitative estimate of drug-likeness (QED) is 0.909. The van der Waals surface area contributed by atoms with Crippen molar-refractivity contribution in [3.63, 3.8) is 0 Å². The second kappa shape index (κ2) is 5.62. The van der Waals surface area contributed by atoms with Gasteiger partial charge in [0.1, 0.15) is 6.07 Å². The molecule has 5 heteroatoms. The molecule has 1 fully saturated rings. The molecule has 1 saturated heterocycles. The van der Waals surface area contributed by atoms with Crippen molar-refractivity contribution in [1.29, 1.82) is 5.26 Å². The van der Waals surface area contributed by atoms with E-state index in [9.17, 15) is 10.1 Å². The summed E-state index contributed by atoms with van der Waals surface area (Å²) in [6.45, 7) is 2.82. The summed E-state index contributed by atoms with van der Waals surface area (Å²) in [5.41, 5.74) is 6.96. The maximum atomic E-state index is 11.3. The van der Waals surface area contributed by atoms with Crippen molar-refractivity contribution in [3.8, 4) is 6.07 Å². The van der Waals surface area contributed by atoms with Crippen LogP contribution in [0.25, 0.3) is 0 Å². The number of carbonyl (C=O) groups excluding carboxylic acids is 1. The van der Waals surface area contributed by atoms with Gasteiger partial charge in [0.25, 0.3) is 0 Å². The highest BCUT2D eigenvalue weighted by molar-refractivity contribution is 9.10. The predicted molar refractivity (Wildman–Crippen MR) is 77.6 cm³/mol. The average molecular weight is 322 g/mol. The van der Waals surface area contributed by atoms with Crippen LogP contribution in [0.1, 0.15) is 25.3 Å². The number of nitrogens with zero attached hydrogens (tertiary/aromatic N) is 2. The van der Waals surface area contributed by atoms with Crippen LogP contribution < -0.4 is 10.6 Å². The molecule has 0 bridgehead atoms. The van der Waals surface area contributed by atoms with E-state index in [1.165, 1.54) is 0 Å². The van der Waals surface area contributed by atoms with E-state index >= 15 is 0 Å². The van der Waals surface area contributed by atoms with E-state index in [-0.39, 0.29) is 17.9 Å². The number of nitrogens with two attached hydrogens (primary N) is 1. The predicted octanol–water partition coefficient (Wildman–Crippen LogP) is 2.41. The molecule has 0 radical (unpaired) electrons. The molecule has 1 aliphatic heterocycles. The van der Waals surface area contributed by atoms with E-state index in [1.54, 1.807) is 0 Å². The average Bonchev–Trinajstić information content (AvgIpc) is 2.38. The first kappa shape index (κ1) is 13.9. The van der Waals surface area contributed by atoms with Gasteiger partial charge in [0.05, 0.1) is 11.3 Å². The van der Waals surface area contributed by atoms with Crippen molar-refractivity contribution < 1.29 is 4.79 Å². The number of nitriles is 1.